The zero-order valence-corrected chi connectivity index (χ0v) is 12.0. The Hall–Kier alpha value is -1.26. The van der Waals surface area contributed by atoms with Gasteiger partial charge in [0.2, 0.25) is 5.91 Å². The van der Waals surface area contributed by atoms with Crippen molar-refractivity contribution in [2.24, 2.45) is 0 Å². The van der Waals surface area contributed by atoms with Gasteiger partial charge in [-0.05, 0) is 19.2 Å². The van der Waals surface area contributed by atoms with Crippen LogP contribution in [0.3, 0.4) is 0 Å². The third kappa shape index (κ3) is 5.38. The number of anilines is 1. The first-order chi connectivity index (χ1) is 8.15. The van der Waals surface area contributed by atoms with Crippen LogP contribution in [0.2, 0.25) is 0 Å². The maximum atomic E-state index is 11.5. The minimum absolute atomic E-state index is 0. The lowest BCUT2D eigenvalue weighted by Gasteiger charge is -2.23. The molecule has 0 heterocycles. The van der Waals surface area contributed by atoms with Crippen LogP contribution in [0.5, 0.6) is 0 Å². The van der Waals surface area contributed by atoms with E-state index in [0.717, 1.165) is 13.1 Å². The second-order valence-electron chi connectivity index (χ2n) is 4.10. The number of hydrogen-bond donors (Lipinski definition) is 1. The number of halogens is 1. The number of para-hydroxylation sites is 1. The molecule has 0 atom stereocenters. The van der Waals surface area contributed by atoms with E-state index in [-0.39, 0.29) is 18.3 Å². The van der Waals surface area contributed by atoms with Crippen molar-refractivity contribution in [3.63, 3.8) is 0 Å². The second kappa shape index (κ2) is 8.78. The van der Waals surface area contributed by atoms with Gasteiger partial charge >= 0.3 is 0 Å². The molecule has 18 heavy (non-hydrogen) atoms. The Morgan fingerprint density at radius 3 is 2.33 bits per heavy atom. The Morgan fingerprint density at radius 2 is 1.78 bits per heavy atom. The molecule has 0 fully saturated rings. The minimum Gasteiger partial charge on any atom is -0.373 e. The molecule has 0 aliphatic heterocycles. The molecule has 1 rings (SSSR count). The maximum Gasteiger partial charge on any atom is 0.236 e. The Bertz CT molecular complexity index is 345. The van der Waals surface area contributed by atoms with Gasteiger partial charge in [-0.25, -0.2) is 0 Å². The van der Waals surface area contributed by atoms with E-state index in [1.54, 1.807) is 11.9 Å². The fraction of sp³-hybridized carbons (Fsp3) is 0.462. The topological polar surface area (TPSA) is 35.6 Å². The zero-order chi connectivity index (χ0) is 12.7. The fourth-order valence-electron chi connectivity index (χ4n) is 1.52. The summed E-state index contributed by atoms with van der Waals surface area (Å²) in [5, 5.41) is 2.86. The van der Waals surface area contributed by atoms with Gasteiger partial charge in [0.05, 0.1) is 6.54 Å². The second-order valence-corrected chi connectivity index (χ2v) is 4.10. The molecular formula is C13H22ClN3O. The van der Waals surface area contributed by atoms with Gasteiger partial charge in [0.1, 0.15) is 0 Å². The molecule has 0 aromatic heterocycles. The van der Waals surface area contributed by atoms with Crippen LogP contribution in [-0.4, -0.2) is 51.6 Å². The summed E-state index contributed by atoms with van der Waals surface area (Å²) in [6, 6.07) is 10.2. The first kappa shape index (κ1) is 16.7. The summed E-state index contributed by atoms with van der Waals surface area (Å²) >= 11 is 0. The molecule has 102 valence electrons. The summed E-state index contributed by atoms with van der Waals surface area (Å²) in [5.74, 6) is 0.119. The van der Waals surface area contributed by atoms with Crippen LogP contribution in [0, 0.1) is 0 Å². The van der Waals surface area contributed by atoms with Crippen LogP contribution in [0.1, 0.15) is 0 Å². The molecule has 4 nitrogen and oxygen atoms in total. The smallest absolute Gasteiger partial charge is 0.236 e. The predicted molar refractivity (Wildman–Crippen MR) is 78.5 cm³/mol. The van der Waals surface area contributed by atoms with Crippen molar-refractivity contribution in [2.45, 2.75) is 0 Å². The summed E-state index contributed by atoms with van der Waals surface area (Å²) in [4.78, 5) is 15.4. The van der Waals surface area contributed by atoms with Gasteiger partial charge in [-0.2, -0.15) is 0 Å². The number of benzene rings is 1. The summed E-state index contributed by atoms with van der Waals surface area (Å²) in [6.07, 6.45) is 0. The standard InChI is InChI=1S/C13H21N3O.ClH/c1-14-11-13(17)16(3)10-9-15(2)12-7-5-4-6-8-12;/h4-8,14H,9-11H2,1-3H3;1H. The van der Waals surface area contributed by atoms with Gasteiger partial charge in [-0.1, -0.05) is 18.2 Å². The highest BCUT2D eigenvalue weighted by atomic mass is 35.5. The van der Waals surface area contributed by atoms with Gasteiger partial charge in [-0.15, -0.1) is 12.4 Å². The Kier molecular flexibility index (Phi) is 8.16. The molecule has 0 saturated carbocycles. The molecule has 1 aromatic carbocycles. The number of nitrogens with one attached hydrogen (secondary N) is 1. The molecular weight excluding hydrogens is 250 g/mol. The fourth-order valence-corrected chi connectivity index (χ4v) is 1.52. The lowest BCUT2D eigenvalue weighted by Crippen LogP contribution is -2.38. The van der Waals surface area contributed by atoms with E-state index in [1.807, 2.05) is 32.3 Å². The van der Waals surface area contributed by atoms with Crippen molar-refractivity contribution in [3.05, 3.63) is 30.3 Å². The van der Waals surface area contributed by atoms with Gasteiger partial charge < -0.3 is 15.1 Å². The van der Waals surface area contributed by atoms with Crippen LogP contribution >= 0.6 is 12.4 Å². The summed E-state index contributed by atoms with van der Waals surface area (Å²) < 4.78 is 0. The average molecular weight is 272 g/mol. The molecule has 1 N–H and O–H groups in total. The molecule has 0 bridgehead atoms. The lowest BCUT2D eigenvalue weighted by atomic mass is 10.3. The normalized spacial score (nSPS) is 9.50. The first-order valence-electron chi connectivity index (χ1n) is 5.80. The van der Waals surface area contributed by atoms with Crippen LogP contribution in [0.25, 0.3) is 0 Å². The summed E-state index contributed by atoms with van der Waals surface area (Å²) in [7, 11) is 5.64. The van der Waals surface area contributed by atoms with Crippen LogP contribution in [-0.2, 0) is 4.79 Å². The first-order valence-corrected chi connectivity index (χ1v) is 5.80. The molecule has 0 saturated heterocycles. The SMILES string of the molecule is CNCC(=O)N(C)CCN(C)c1ccccc1.Cl. The third-order valence-electron chi connectivity index (χ3n) is 2.72. The van der Waals surface area contributed by atoms with E-state index >= 15 is 0 Å². The van der Waals surface area contributed by atoms with Gasteiger partial charge in [-0.3, -0.25) is 4.79 Å². The molecule has 1 aromatic rings. The van der Waals surface area contributed by atoms with Gasteiger partial charge in [0.15, 0.2) is 0 Å². The van der Waals surface area contributed by atoms with E-state index in [2.05, 4.69) is 22.3 Å². The molecule has 5 heteroatoms. The number of nitrogens with zero attached hydrogens (tertiary/aromatic N) is 2. The Labute approximate surface area is 115 Å². The van der Waals surface area contributed by atoms with Gasteiger partial charge in [0.25, 0.3) is 0 Å². The quantitative estimate of drug-likeness (QED) is 0.845. The maximum absolute atomic E-state index is 11.5. The molecule has 0 radical (unpaired) electrons. The van der Waals surface area contributed by atoms with E-state index < -0.39 is 0 Å². The van der Waals surface area contributed by atoms with Gasteiger partial charge in [0, 0.05) is 32.9 Å². The summed E-state index contributed by atoms with van der Waals surface area (Å²) in [5.41, 5.74) is 1.17. The van der Waals surface area contributed by atoms with Crippen molar-refractivity contribution < 1.29 is 4.79 Å². The Balaban J connectivity index is 0.00000289. The highest BCUT2D eigenvalue weighted by Crippen LogP contribution is 2.10. The van der Waals surface area contributed by atoms with E-state index in [9.17, 15) is 4.79 Å². The highest BCUT2D eigenvalue weighted by molar-refractivity contribution is 5.85. The number of amides is 1. The van der Waals surface area contributed by atoms with E-state index in [1.165, 1.54) is 5.69 Å². The number of rotatable bonds is 6. The highest BCUT2D eigenvalue weighted by Gasteiger charge is 2.08. The lowest BCUT2D eigenvalue weighted by molar-refractivity contribution is -0.128. The number of carbonyl (C=O) groups is 1. The number of hydrogen-bond acceptors (Lipinski definition) is 3. The molecule has 1 amide bonds. The largest absolute Gasteiger partial charge is 0.373 e. The molecule has 0 spiro atoms. The Morgan fingerprint density at radius 1 is 1.17 bits per heavy atom. The van der Waals surface area contributed by atoms with Crippen molar-refractivity contribution in [1.29, 1.82) is 0 Å². The van der Waals surface area contributed by atoms with Crippen molar-refractivity contribution in [2.75, 3.05) is 45.7 Å². The van der Waals surface area contributed by atoms with E-state index in [4.69, 9.17) is 0 Å². The molecule has 0 unspecified atom stereocenters. The zero-order valence-electron chi connectivity index (χ0n) is 11.2. The van der Waals surface area contributed by atoms with Crippen LogP contribution < -0.4 is 10.2 Å². The molecule has 0 aliphatic carbocycles. The van der Waals surface area contributed by atoms with Crippen molar-refractivity contribution >= 4 is 24.0 Å². The average Bonchev–Trinajstić information content (AvgIpc) is 2.36. The van der Waals surface area contributed by atoms with Crippen molar-refractivity contribution in [3.8, 4) is 0 Å². The van der Waals surface area contributed by atoms with E-state index in [0.29, 0.717) is 6.54 Å². The summed E-state index contributed by atoms with van der Waals surface area (Å²) in [6.45, 7) is 1.95. The van der Waals surface area contributed by atoms with Crippen LogP contribution in [0.4, 0.5) is 5.69 Å². The molecule has 0 aliphatic rings. The monoisotopic (exact) mass is 271 g/mol. The minimum atomic E-state index is 0. The number of carbonyl (C=O) groups excluding carboxylic acids is 1. The van der Waals surface area contributed by atoms with Crippen molar-refractivity contribution in [1.82, 2.24) is 10.2 Å². The third-order valence-corrected chi connectivity index (χ3v) is 2.72. The number of likely N-dealkylation sites (N-methyl/N-ethyl adjacent to an activating group) is 3. The van der Waals surface area contributed by atoms with Crippen LogP contribution in [0.15, 0.2) is 30.3 Å². The predicted octanol–water partition coefficient (Wildman–Crippen LogP) is 1.22.